The number of aromatic nitrogens is 2. The summed E-state index contributed by atoms with van der Waals surface area (Å²) in [5.74, 6) is 0.559. The zero-order valence-corrected chi connectivity index (χ0v) is 12.3. The number of amides is 1. The molecule has 0 unspecified atom stereocenters. The fourth-order valence-electron chi connectivity index (χ4n) is 2.46. The van der Waals surface area contributed by atoms with Crippen LogP contribution in [0.4, 0.5) is 0 Å². The minimum absolute atomic E-state index is 0.00694. The normalized spacial score (nSPS) is 21.6. The Balaban J connectivity index is 2.00. The molecule has 110 valence electrons. The molecule has 0 aliphatic heterocycles. The van der Waals surface area contributed by atoms with E-state index < -0.39 is 0 Å². The highest BCUT2D eigenvalue weighted by molar-refractivity contribution is 5.95. The van der Waals surface area contributed by atoms with Crippen LogP contribution in [0.15, 0.2) is 18.3 Å². The molecule has 2 atom stereocenters. The Morgan fingerprint density at radius 3 is 2.90 bits per heavy atom. The van der Waals surface area contributed by atoms with Crippen molar-refractivity contribution in [1.29, 1.82) is 0 Å². The Morgan fingerprint density at radius 2 is 2.30 bits per heavy atom. The number of carbonyl (C=O) groups is 1. The second-order valence-corrected chi connectivity index (χ2v) is 5.86. The third kappa shape index (κ3) is 3.28. The van der Waals surface area contributed by atoms with Gasteiger partial charge in [-0.05, 0) is 19.3 Å². The quantitative estimate of drug-likeness (QED) is 0.802. The third-order valence-electron chi connectivity index (χ3n) is 3.61. The summed E-state index contributed by atoms with van der Waals surface area (Å²) in [6.45, 7) is 7.12. The van der Waals surface area contributed by atoms with E-state index in [0.717, 1.165) is 18.7 Å². The molecule has 0 fully saturated rings. The van der Waals surface area contributed by atoms with Crippen molar-refractivity contribution in [1.82, 2.24) is 15.1 Å². The maximum atomic E-state index is 12.3. The Bertz CT molecular complexity index is 505. The molecule has 1 aromatic rings. The highest BCUT2D eigenvalue weighted by atomic mass is 16.3. The van der Waals surface area contributed by atoms with Crippen LogP contribution < -0.4 is 5.32 Å². The molecule has 0 bridgehead atoms. The molecule has 20 heavy (non-hydrogen) atoms. The van der Waals surface area contributed by atoms with Gasteiger partial charge in [-0.25, -0.2) is 0 Å². The van der Waals surface area contributed by atoms with Crippen molar-refractivity contribution in [3.8, 4) is 0 Å². The number of hydrogen-bond acceptors (Lipinski definition) is 3. The van der Waals surface area contributed by atoms with Gasteiger partial charge in [0.25, 0.3) is 5.91 Å². The summed E-state index contributed by atoms with van der Waals surface area (Å²) in [7, 11) is 0. The fourth-order valence-corrected chi connectivity index (χ4v) is 2.46. The van der Waals surface area contributed by atoms with Crippen LogP contribution in [0, 0.1) is 18.8 Å². The molecule has 1 aromatic heterocycles. The summed E-state index contributed by atoms with van der Waals surface area (Å²) in [6, 6.07) is 0.00694. The second kappa shape index (κ2) is 6.22. The molecule has 1 heterocycles. The molecule has 0 saturated heterocycles. The van der Waals surface area contributed by atoms with Crippen molar-refractivity contribution in [2.45, 2.75) is 39.8 Å². The SMILES string of the molecule is Cc1c(C(=O)N[C@@H]2C=C[C@H](CO)C2)cnn1CC(C)C. The molecule has 5 nitrogen and oxygen atoms in total. The molecule has 0 saturated carbocycles. The van der Waals surface area contributed by atoms with Gasteiger partial charge in [-0.1, -0.05) is 26.0 Å². The van der Waals surface area contributed by atoms with Gasteiger partial charge in [0.15, 0.2) is 0 Å². The van der Waals surface area contributed by atoms with E-state index in [-0.39, 0.29) is 24.5 Å². The smallest absolute Gasteiger partial charge is 0.255 e. The summed E-state index contributed by atoms with van der Waals surface area (Å²) in [5, 5.41) is 16.3. The van der Waals surface area contributed by atoms with Gasteiger partial charge in [-0.15, -0.1) is 0 Å². The van der Waals surface area contributed by atoms with E-state index in [2.05, 4.69) is 24.3 Å². The van der Waals surface area contributed by atoms with Gasteiger partial charge in [0.2, 0.25) is 0 Å². The van der Waals surface area contributed by atoms with Crippen LogP contribution in [0.1, 0.15) is 36.3 Å². The van der Waals surface area contributed by atoms with Crippen LogP contribution in [0.25, 0.3) is 0 Å². The number of carbonyl (C=O) groups excluding carboxylic acids is 1. The van der Waals surface area contributed by atoms with Crippen LogP contribution in [0.5, 0.6) is 0 Å². The summed E-state index contributed by atoms with van der Waals surface area (Å²) in [6.07, 6.45) is 6.31. The zero-order valence-electron chi connectivity index (χ0n) is 12.3. The summed E-state index contributed by atoms with van der Waals surface area (Å²) >= 11 is 0. The molecule has 1 aliphatic carbocycles. The lowest BCUT2D eigenvalue weighted by Gasteiger charge is -2.13. The van der Waals surface area contributed by atoms with E-state index >= 15 is 0 Å². The largest absolute Gasteiger partial charge is 0.396 e. The fraction of sp³-hybridized carbons (Fsp3) is 0.600. The van der Waals surface area contributed by atoms with Crippen molar-refractivity contribution in [3.05, 3.63) is 29.6 Å². The van der Waals surface area contributed by atoms with Gasteiger partial charge < -0.3 is 10.4 Å². The third-order valence-corrected chi connectivity index (χ3v) is 3.61. The summed E-state index contributed by atoms with van der Waals surface area (Å²) in [4.78, 5) is 12.3. The van der Waals surface area contributed by atoms with Crippen molar-refractivity contribution < 1.29 is 9.90 Å². The van der Waals surface area contributed by atoms with Gasteiger partial charge in [-0.2, -0.15) is 5.10 Å². The second-order valence-electron chi connectivity index (χ2n) is 5.86. The van der Waals surface area contributed by atoms with E-state index in [9.17, 15) is 4.79 Å². The van der Waals surface area contributed by atoms with Gasteiger partial charge in [-0.3, -0.25) is 9.48 Å². The molecule has 0 spiro atoms. The van der Waals surface area contributed by atoms with Gasteiger partial charge >= 0.3 is 0 Å². The highest BCUT2D eigenvalue weighted by Crippen LogP contribution is 2.18. The Kier molecular flexibility index (Phi) is 4.60. The molecule has 0 radical (unpaired) electrons. The highest BCUT2D eigenvalue weighted by Gasteiger charge is 2.22. The molecule has 1 aliphatic rings. The van der Waals surface area contributed by atoms with Gasteiger partial charge in [0, 0.05) is 30.8 Å². The topological polar surface area (TPSA) is 67.2 Å². The summed E-state index contributed by atoms with van der Waals surface area (Å²) in [5.41, 5.74) is 1.53. The van der Waals surface area contributed by atoms with E-state index in [1.54, 1.807) is 6.20 Å². The first-order valence-electron chi connectivity index (χ1n) is 7.13. The van der Waals surface area contributed by atoms with Gasteiger partial charge in [0.05, 0.1) is 11.8 Å². The Labute approximate surface area is 119 Å². The first-order valence-corrected chi connectivity index (χ1v) is 7.13. The van der Waals surface area contributed by atoms with Crippen molar-refractivity contribution >= 4 is 5.91 Å². The molecule has 1 amide bonds. The zero-order chi connectivity index (χ0) is 14.7. The van der Waals surface area contributed by atoms with Crippen molar-refractivity contribution in [2.75, 3.05) is 6.61 Å². The number of aliphatic hydroxyl groups is 1. The number of nitrogens with one attached hydrogen (secondary N) is 1. The lowest BCUT2D eigenvalue weighted by atomic mass is 10.1. The number of rotatable bonds is 5. The van der Waals surface area contributed by atoms with Gasteiger partial charge in [0.1, 0.15) is 0 Å². The van der Waals surface area contributed by atoms with Crippen LogP contribution in [0.2, 0.25) is 0 Å². The maximum absolute atomic E-state index is 12.3. The minimum atomic E-state index is -0.0919. The number of aliphatic hydroxyl groups excluding tert-OH is 1. The summed E-state index contributed by atoms with van der Waals surface area (Å²) < 4.78 is 1.88. The molecule has 2 N–H and O–H groups in total. The van der Waals surface area contributed by atoms with Crippen LogP contribution in [-0.2, 0) is 6.54 Å². The number of nitrogens with zero attached hydrogens (tertiary/aromatic N) is 2. The minimum Gasteiger partial charge on any atom is -0.396 e. The predicted octanol–water partition coefficient (Wildman–Crippen LogP) is 1.51. The first-order chi connectivity index (χ1) is 9.51. The van der Waals surface area contributed by atoms with Crippen LogP contribution in [-0.4, -0.2) is 33.4 Å². The standard InChI is InChI=1S/C15H23N3O2/c1-10(2)8-18-11(3)14(7-16-18)15(20)17-13-5-4-12(6-13)9-19/h4-5,7,10,12-13,19H,6,8-9H2,1-3H3,(H,17,20)/t12-,13+/m0/s1. The average molecular weight is 277 g/mol. The lowest BCUT2D eigenvalue weighted by Crippen LogP contribution is -2.33. The van der Waals surface area contributed by atoms with E-state index in [4.69, 9.17) is 5.11 Å². The van der Waals surface area contributed by atoms with Crippen molar-refractivity contribution in [3.63, 3.8) is 0 Å². The Hall–Kier alpha value is -1.62. The molecule has 0 aromatic carbocycles. The molecular weight excluding hydrogens is 254 g/mol. The lowest BCUT2D eigenvalue weighted by molar-refractivity contribution is 0.0940. The van der Waals surface area contributed by atoms with E-state index in [0.29, 0.717) is 11.5 Å². The Morgan fingerprint density at radius 1 is 1.55 bits per heavy atom. The van der Waals surface area contributed by atoms with E-state index in [1.807, 2.05) is 23.8 Å². The number of hydrogen-bond donors (Lipinski definition) is 2. The maximum Gasteiger partial charge on any atom is 0.255 e. The van der Waals surface area contributed by atoms with Crippen LogP contribution >= 0.6 is 0 Å². The average Bonchev–Trinajstić information content (AvgIpc) is 2.97. The molecule has 2 rings (SSSR count). The van der Waals surface area contributed by atoms with Crippen LogP contribution in [0.3, 0.4) is 0 Å². The van der Waals surface area contributed by atoms with E-state index in [1.165, 1.54) is 0 Å². The predicted molar refractivity (Wildman–Crippen MR) is 77.4 cm³/mol. The first kappa shape index (κ1) is 14.8. The molecular formula is C15H23N3O2. The molecule has 5 heteroatoms. The van der Waals surface area contributed by atoms with Crippen molar-refractivity contribution in [2.24, 2.45) is 11.8 Å². The monoisotopic (exact) mass is 277 g/mol.